The number of dihydropyridines is 1. The van der Waals surface area contributed by atoms with Crippen LogP contribution in [0.5, 0.6) is 0 Å². The van der Waals surface area contributed by atoms with Crippen LogP contribution in [0.4, 0.5) is 0 Å². The molecular weight excluding hydrogens is 320 g/mol. The lowest BCUT2D eigenvalue weighted by atomic mass is 9.82. The number of carbonyl (C=O) groups is 1. The summed E-state index contributed by atoms with van der Waals surface area (Å²) < 4.78 is 4.89. The van der Waals surface area contributed by atoms with Crippen molar-refractivity contribution in [2.45, 2.75) is 12.8 Å². The van der Waals surface area contributed by atoms with E-state index in [2.05, 4.69) is 11.4 Å². The highest BCUT2D eigenvalue weighted by Gasteiger charge is 2.35. The zero-order valence-electron chi connectivity index (χ0n) is 12.4. The second kappa shape index (κ2) is 6.91. The van der Waals surface area contributed by atoms with Crippen molar-refractivity contribution >= 4 is 29.3 Å². The Balaban J connectivity index is 2.72. The third kappa shape index (κ3) is 2.85. The van der Waals surface area contributed by atoms with E-state index in [1.807, 2.05) is 24.5 Å². The van der Waals surface area contributed by atoms with Crippen LogP contribution in [-0.4, -0.2) is 19.3 Å². The topological polar surface area (TPSA) is 62.1 Å². The largest absolute Gasteiger partial charge is 0.466 e. The molecule has 1 atom stereocenters. The Hall–Kier alpha value is -1.90. The summed E-state index contributed by atoms with van der Waals surface area (Å²) in [6, 6.07) is 9.42. The molecule has 0 bridgehead atoms. The number of rotatable bonds is 3. The second-order valence-electron chi connectivity index (χ2n) is 4.67. The molecule has 0 radical (unpaired) electrons. The van der Waals surface area contributed by atoms with E-state index in [4.69, 9.17) is 16.3 Å². The fraction of sp³-hybridized carbons (Fsp3) is 0.250. The molecule has 0 aliphatic carbocycles. The highest BCUT2D eigenvalue weighted by Crippen LogP contribution is 2.42. The van der Waals surface area contributed by atoms with E-state index in [9.17, 15) is 10.1 Å². The predicted molar refractivity (Wildman–Crippen MR) is 88.2 cm³/mol. The molecule has 22 heavy (non-hydrogen) atoms. The van der Waals surface area contributed by atoms with Gasteiger partial charge in [0.25, 0.3) is 0 Å². The van der Waals surface area contributed by atoms with Crippen LogP contribution in [0.1, 0.15) is 18.4 Å². The number of nitrogens with one attached hydrogen (secondary N) is 1. The third-order valence-electron chi connectivity index (χ3n) is 3.47. The van der Waals surface area contributed by atoms with Gasteiger partial charge in [0.05, 0.1) is 35.3 Å². The van der Waals surface area contributed by atoms with E-state index in [-0.39, 0.29) is 0 Å². The number of esters is 1. The summed E-state index contributed by atoms with van der Waals surface area (Å²) in [6.45, 7) is 1.79. The van der Waals surface area contributed by atoms with E-state index in [0.717, 1.165) is 5.03 Å². The molecule has 0 spiro atoms. The van der Waals surface area contributed by atoms with Crippen molar-refractivity contribution in [2.75, 3.05) is 13.4 Å². The van der Waals surface area contributed by atoms with Crippen molar-refractivity contribution in [2.24, 2.45) is 0 Å². The van der Waals surface area contributed by atoms with E-state index in [1.54, 1.807) is 13.0 Å². The molecule has 4 nitrogen and oxygen atoms in total. The molecule has 0 fully saturated rings. The number of allylic oxidation sites excluding steroid dienone is 2. The van der Waals surface area contributed by atoms with Gasteiger partial charge in [-0.3, -0.25) is 0 Å². The van der Waals surface area contributed by atoms with Crippen LogP contribution in [0.15, 0.2) is 46.1 Å². The maximum absolute atomic E-state index is 12.2. The minimum absolute atomic E-state index is 0.407. The number of nitriles is 1. The molecule has 1 N–H and O–H groups in total. The molecule has 0 amide bonds. The molecule has 1 heterocycles. The van der Waals surface area contributed by atoms with Gasteiger partial charge in [-0.1, -0.05) is 29.8 Å². The van der Waals surface area contributed by atoms with Gasteiger partial charge in [-0.15, -0.1) is 11.8 Å². The molecular formula is C16H15ClN2O2S. The third-order valence-corrected chi connectivity index (χ3v) is 4.55. The minimum Gasteiger partial charge on any atom is -0.466 e. The first-order valence-electron chi connectivity index (χ1n) is 6.53. The molecule has 1 aliphatic heterocycles. The zero-order valence-corrected chi connectivity index (χ0v) is 14.0. The summed E-state index contributed by atoms with van der Waals surface area (Å²) in [4.78, 5) is 12.2. The Morgan fingerprint density at radius 2 is 2.14 bits per heavy atom. The van der Waals surface area contributed by atoms with Crippen molar-refractivity contribution in [3.8, 4) is 6.07 Å². The average molecular weight is 335 g/mol. The first kappa shape index (κ1) is 16.5. The smallest absolute Gasteiger partial charge is 0.336 e. The Morgan fingerprint density at radius 3 is 2.68 bits per heavy atom. The van der Waals surface area contributed by atoms with Gasteiger partial charge in [-0.25, -0.2) is 4.79 Å². The maximum atomic E-state index is 12.2. The van der Waals surface area contributed by atoms with Gasteiger partial charge in [0.1, 0.15) is 0 Å². The second-order valence-corrected chi connectivity index (χ2v) is 5.89. The van der Waals surface area contributed by atoms with Crippen LogP contribution in [0.3, 0.4) is 0 Å². The average Bonchev–Trinajstić information content (AvgIpc) is 2.53. The number of hydrogen-bond acceptors (Lipinski definition) is 5. The van der Waals surface area contributed by atoms with Gasteiger partial charge in [0.15, 0.2) is 0 Å². The van der Waals surface area contributed by atoms with Gasteiger partial charge >= 0.3 is 5.97 Å². The number of carbonyl (C=O) groups excluding carboxylic acids is 1. The summed E-state index contributed by atoms with van der Waals surface area (Å²) in [5.41, 5.74) is 2.25. The number of methoxy groups -OCH3 is 1. The molecule has 6 heteroatoms. The van der Waals surface area contributed by atoms with Crippen molar-refractivity contribution in [1.29, 1.82) is 5.26 Å². The lowest BCUT2D eigenvalue weighted by Crippen LogP contribution is -2.28. The number of benzene rings is 1. The summed E-state index contributed by atoms with van der Waals surface area (Å²) in [6.07, 6.45) is 1.87. The Kier molecular flexibility index (Phi) is 5.17. The molecule has 1 aromatic carbocycles. The van der Waals surface area contributed by atoms with Gasteiger partial charge in [0, 0.05) is 10.7 Å². The van der Waals surface area contributed by atoms with Crippen molar-refractivity contribution < 1.29 is 9.53 Å². The van der Waals surface area contributed by atoms with Gasteiger partial charge in [-0.05, 0) is 24.8 Å². The van der Waals surface area contributed by atoms with Crippen molar-refractivity contribution in [3.05, 3.63) is 56.7 Å². The van der Waals surface area contributed by atoms with E-state index in [0.29, 0.717) is 27.4 Å². The van der Waals surface area contributed by atoms with Gasteiger partial charge in [-0.2, -0.15) is 5.26 Å². The quantitative estimate of drug-likeness (QED) is 0.856. The fourth-order valence-corrected chi connectivity index (χ4v) is 3.36. The van der Waals surface area contributed by atoms with Crippen LogP contribution in [-0.2, 0) is 9.53 Å². The minimum atomic E-state index is -0.533. The standard InChI is InChI=1S/C16H15ClN2O2S/c1-9-13(16(20)21-2)14(10-6-4-5-7-12(10)17)11(8-18)15(19-9)22-3/h4-7,14,19H,1-3H3. The van der Waals surface area contributed by atoms with E-state index in [1.165, 1.54) is 18.9 Å². The number of thioether (sulfide) groups is 1. The van der Waals surface area contributed by atoms with Crippen LogP contribution >= 0.6 is 23.4 Å². The van der Waals surface area contributed by atoms with E-state index >= 15 is 0 Å². The fourth-order valence-electron chi connectivity index (χ4n) is 2.47. The predicted octanol–water partition coefficient (Wildman–Crippen LogP) is 3.57. The van der Waals surface area contributed by atoms with E-state index < -0.39 is 11.9 Å². The van der Waals surface area contributed by atoms with Gasteiger partial charge < -0.3 is 10.1 Å². The molecule has 1 aromatic rings. The van der Waals surface area contributed by atoms with Gasteiger partial charge in [0.2, 0.25) is 0 Å². The molecule has 1 aliphatic rings. The zero-order chi connectivity index (χ0) is 16.3. The molecule has 1 unspecified atom stereocenters. The Labute approximate surface area is 138 Å². The summed E-state index contributed by atoms with van der Waals surface area (Å²) >= 11 is 7.72. The SMILES string of the molecule is COC(=O)C1=C(C)NC(SC)=C(C#N)C1c1ccccc1Cl. The van der Waals surface area contributed by atoms with Crippen LogP contribution in [0, 0.1) is 11.3 Å². The molecule has 0 saturated heterocycles. The number of hydrogen-bond donors (Lipinski definition) is 1. The molecule has 114 valence electrons. The summed E-state index contributed by atoms with van der Waals surface area (Å²) in [5, 5.41) is 13.9. The normalized spacial score (nSPS) is 17.9. The Morgan fingerprint density at radius 1 is 1.45 bits per heavy atom. The van der Waals surface area contributed by atoms with Crippen LogP contribution in [0.25, 0.3) is 0 Å². The molecule has 0 aromatic heterocycles. The highest BCUT2D eigenvalue weighted by molar-refractivity contribution is 8.02. The molecule has 0 saturated carbocycles. The lowest BCUT2D eigenvalue weighted by molar-refractivity contribution is -0.136. The molecule has 2 rings (SSSR count). The number of nitrogens with zero attached hydrogens (tertiary/aromatic N) is 1. The van der Waals surface area contributed by atoms with Crippen LogP contribution in [0.2, 0.25) is 5.02 Å². The first-order valence-corrected chi connectivity index (χ1v) is 8.14. The number of ether oxygens (including phenoxy) is 1. The lowest BCUT2D eigenvalue weighted by Gasteiger charge is -2.29. The summed E-state index contributed by atoms with van der Waals surface area (Å²) in [5.74, 6) is -1.00. The van der Waals surface area contributed by atoms with Crippen LogP contribution < -0.4 is 5.32 Å². The maximum Gasteiger partial charge on any atom is 0.336 e. The number of halogens is 1. The monoisotopic (exact) mass is 334 g/mol. The Bertz CT molecular complexity index is 719. The van der Waals surface area contributed by atoms with Crippen molar-refractivity contribution in [1.82, 2.24) is 5.32 Å². The van der Waals surface area contributed by atoms with Crippen molar-refractivity contribution in [3.63, 3.8) is 0 Å². The summed E-state index contributed by atoms with van der Waals surface area (Å²) in [7, 11) is 1.33. The highest BCUT2D eigenvalue weighted by atomic mass is 35.5. The first-order chi connectivity index (χ1) is 10.5.